The van der Waals surface area contributed by atoms with E-state index in [2.05, 4.69) is 21.2 Å². The minimum absolute atomic E-state index is 0.590. The molecule has 1 aliphatic carbocycles. The summed E-state index contributed by atoms with van der Waals surface area (Å²) in [5.41, 5.74) is 8.57. The van der Waals surface area contributed by atoms with E-state index in [1.54, 1.807) is 0 Å². The Bertz CT molecular complexity index is 425. The third kappa shape index (κ3) is 3.25. The Hall–Kier alpha value is -1.03. The first kappa shape index (κ1) is 13.4. The zero-order valence-corrected chi connectivity index (χ0v) is 12.2. The van der Waals surface area contributed by atoms with Gasteiger partial charge in [-0.15, -0.1) is 0 Å². The summed E-state index contributed by atoms with van der Waals surface area (Å²) in [5, 5.41) is 9.33. The van der Waals surface area contributed by atoms with Crippen LogP contribution in [0, 0.1) is 5.92 Å². The summed E-state index contributed by atoms with van der Waals surface area (Å²) < 4.78 is 0.590. The van der Waals surface area contributed by atoms with Gasteiger partial charge in [0.15, 0.2) is 0 Å². The van der Waals surface area contributed by atoms with Gasteiger partial charge in [-0.1, -0.05) is 25.3 Å². The van der Waals surface area contributed by atoms with Crippen molar-refractivity contribution >= 4 is 31.9 Å². The number of hydrogen-bond donors (Lipinski definition) is 3. The van der Waals surface area contributed by atoms with Crippen molar-refractivity contribution in [2.24, 2.45) is 5.92 Å². The van der Waals surface area contributed by atoms with Crippen LogP contribution in [0.3, 0.4) is 0 Å². The van der Waals surface area contributed by atoms with Crippen LogP contribution in [0.25, 0.3) is 0 Å². The molecule has 3 nitrogen and oxygen atoms in total. The van der Waals surface area contributed by atoms with Crippen LogP contribution in [0.4, 0.5) is 11.4 Å². The van der Waals surface area contributed by atoms with Crippen molar-refractivity contribution < 1.29 is 5.41 Å². The average Bonchev–Trinajstić information content (AvgIpc) is 2.37. The first-order chi connectivity index (χ1) is 8.68. The van der Waals surface area contributed by atoms with Crippen LogP contribution < -0.4 is 16.5 Å². The van der Waals surface area contributed by atoms with Crippen molar-refractivity contribution in [3.05, 3.63) is 23.8 Å². The smallest absolute Gasteiger partial charge is 0.250 e. The molecule has 0 amide bonds. The van der Waals surface area contributed by atoms with E-state index in [1.165, 1.54) is 32.1 Å². The van der Waals surface area contributed by atoms with E-state index >= 15 is 0 Å². The Morgan fingerprint density at radius 2 is 2.06 bits per heavy atom. The summed E-state index contributed by atoms with van der Waals surface area (Å²) in [4.78, 5) is 0. The second-order valence-corrected chi connectivity index (χ2v) is 5.86. The lowest BCUT2D eigenvalue weighted by Gasteiger charge is -2.22. The second-order valence-electron chi connectivity index (χ2n) is 5.00. The maximum absolute atomic E-state index is 5.96. The average molecular weight is 311 g/mol. The van der Waals surface area contributed by atoms with Crippen LogP contribution in [0.1, 0.15) is 37.7 Å². The number of nitrogens with two attached hydrogens (primary N) is 2. The first-order valence-electron chi connectivity index (χ1n) is 6.59. The molecule has 0 heterocycles. The van der Waals surface area contributed by atoms with Crippen molar-refractivity contribution in [1.82, 2.24) is 0 Å². The molecule has 0 bridgehead atoms. The summed E-state index contributed by atoms with van der Waals surface area (Å²) in [5.74, 6) is 0.782. The molecule has 0 aromatic heterocycles. The summed E-state index contributed by atoms with van der Waals surface area (Å²) >= 11 is 3.32. The van der Waals surface area contributed by atoms with Crippen molar-refractivity contribution in [1.29, 1.82) is 0 Å². The molecule has 4 heteroatoms. The Kier molecular flexibility index (Phi) is 4.64. The number of rotatable bonds is 4. The molecule has 0 unspecified atom stereocenters. The molecule has 18 heavy (non-hydrogen) atoms. The standard InChI is InChI=1S/C14H20BrN3/c15-14(17)13-11(16)7-4-8-12(13)18-9-10-5-2-1-3-6-10/h4,7-8,10,17-18H,1-3,5-6,9,16H2/p+1. The molecule has 1 saturated carbocycles. The van der Waals surface area contributed by atoms with Gasteiger partial charge in [-0.05, 0) is 30.9 Å². The number of hydrogen-bond acceptors (Lipinski definition) is 2. The zero-order chi connectivity index (χ0) is 13.0. The van der Waals surface area contributed by atoms with Gasteiger partial charge in [-0.3, -0.25) is 0 Å². The summed E-state index contributed by atoms with van der Waals surface area (Å²) in [7, 11) is 0. The Morgan fingerprint density at radius 3 is 2.72 bits per heavy atom. The maximum Gasteiger partial charge on any atom is 0.250 e. The van der Waals surface area contributed by atoms with Gasteiger partial charge in [0.2, 0.25) is 0 Å². The van der Waals surface area contributed by atoms with Crippen molar-refractivity contribution in [3.63, 3.8) is 0 Å². The fourth-order valence-corrected chi connectivity index (χ4v) is 3.07. The molecule has 1 aromatic carbocycles. The van der Waals surface area contributed by atoms with E-state index in [9.17, 15) is 0 Å². The fourth-order valence-electron chi connectivity index (χ4n) is 2.63. The molecule has 0 aliphatic heterocycles. The van der Waals surface area contributed by atoms with Crippen LogP contribution in [-0.2, 0) is 0 Å². The van der Waals surface area contributed by atoms with Gasteiger partial charge in [-0.25, -0.2) is 5.41 Å². The van der Waals surface area contributed by atoms with Gasteiger partial charge in [0.05, 0.1) is 11.3 Å². The van der Waals surface area contributed by atoms with Crippen LogP contribution >= 0.6 is 15.9 Å². The highest BCUT2D eigenvalue weighted by Gasteiger charge is 2.16. The van der Waals surface area contributed by atoms with E-state index in [0.29, 0.717) is 10.3 Å². The third-order valence-corrected chi connectivity index (χ3v) is 4.04. The van der Waals surface area contributed by atoms with E-state index in [1.807, 2.05) is 18.2 Å². The Balaban J connectivity index is 2.04. The quantitative estimate of drug-likeness (QED) is 0.589. The summed E-state index contributed by atoms with van der Waals surface area (Å²) in [6, 6.07) is 5.86. The van der Waals surface area contributed by atoms with Crippen LogP contribution in [0.15, 0.2) is 18.2 Å². The van der Waals surface area contributed by atoms with E-state index in [-0.39, 0.29) is 0 Å². The SMILES string of the molecule is Nc1cccc(NCC2CCCCC2)c1C(=[NH2+])Br. The van der Waals surface area contributed by atoms with Gasteiger partial charge < -0.3 is 11.1 Å². The summed E-state index contributed by atoms with van der Waals surface area (Å²) in [6.07, 6.45) is 6.78. The lowest BCUT2D eigenvalue weighted by molar-refractivity contribution is -0.106. The zero-order valence-electron chi connectivity index (χ0n) is 10.6. The fraction of sp³-hybridized carbons (Fsp3) is 0.500. The highest BCUT2D eigenvalue weighted by Crippen LogP contribution is 2.27. The van der Waals surface area contributed by atoms with E-state index in [0.717, 1.165) is 23.7 Å². The number of benzene rings is 1. The van der Waals surface area contributed by atoms with Crippen LogP contribution in [0.5, 0.6) is 0 Å². The largest absolute Gasteiger partial charge is 0.398 e. The molecule has 0 radical (unpaired) electrons. The molecular weight excluding hydrogens is 290 g/mol. The predicted octanol–water partition coefficient (Wildman–Crippen LogP) is 2.16. The minimum Gasteiger partial charge on any atom is -0.398 e. The maximum atomic E-state index is 5.96. The number of nitrogens with one attached hydrogen (secondary N) is 1. The van der Waals surface area contributed by atoms with E-state index in [4.69, 9.17) is 11.1 Å². The van der Waals surface area contributed by atoms with Crippen molar-refractivity contribution in [3.8, 4) is 0 Å². The Morgan fingerprint density at radius 1 is 1.33 bits per heavy atom. The van der Waals surface area contributed by atoms with Gasteiger partial charge in [0.25, 0.3) is 4.62 Å². The normalized spacial score (nSPS) is 16.5. The molecule has 0 spiro atoms. The monoisotopic (exact) mass is 310 g/mol. The lowest BCUT2D eigenvalue weighted by atomic mass is 9.89. The molecule has 98 valence electrons. The van der Waals surface area contributed by atoms with Crippen molar-refractivity contribution in [2.75, 3.05) is 17.6 Å². The van der Waals surface area contributed by atoms with Gasteiger partial charge in [0.1, 0.15) is 0 Å². The minimum atomic E-state index is 0.590. The molecule has 1 aromatic rings. The van der Waals surface area contributed by atoms with Gasteiger partial charge >= 0.3 is 0 Å². The molecule has 1 fully saturated rings. The third-order valence-electron chi connectivity index (χ3n) is 3.64. The molecule has 5 N–H and O–H groups in total. The van der Waals surface area contributed by atoms with Crippen LogP contribution in [-0.4, -0.2) is 11.2 Å². The molecule has 1 aliphatic rings. The number of nitrogen functional groups attached to an aromatic ring is 1. The Labute approximate surface area is 117 Å². The molecule has 2 rings (SSSR count). The highest BCUT2D eigenvalue weighted by molar-refractivity contribution is 9.18. The van der Waals surface area contributed by atoms with Crippen molar-refractivity contribution in [2.45, 2.75) is 32.1 Å². The first-order valence-corrected chi connectivity index (χ1v) is 7.38. The summed E-state index contributed by atoms with van der Waals surface area (Å²) in [6.45, 7) is 1.01. The second kappa shape index (κ2) is 6.23. The number of halogens is 1. The van der Waals surface area contributed by atoms with Gasteiger partial charge in [-0.2, -0.15) is 0 Å². The topological polar surface area (TPSA) is 63.6 Å². The van der Waals surface area contributed by atoms with Crippen LogP contribution in [0.2, 0.25) is 0 Å². The van der Waals surface area contributed by atoms with Gasteiger partial charge in [0, 0.05) is 28.2 Å². The molecular formula is C14H21BrN3+. The van der Waals surface area contributed by atoms with E-state index < -0.39 is 0 Å². The number of anilines is 2. The highest BCUT2D eigenvalue weighted by atomic mass is 79.9. The molecule has 0 atom stereocenters. The predicted molar refractivity (Wildman–Crippen MR) is 80.9 cm³/mol. The molecule has 0 saturated heterocycles. The lowest BCUT2D eigenvalue weighted by Crippen LogP contribution is -2.37.